The second-order valence-electron chi connectivity index (χ2n) is 4.45. The molecular weight excluding hydrogens is 160 g/mol. The van der Waals surface area contributed by atoms with Crippen molar-refractivity contribution in [2.24, 2.45) is 16.8 Å². The van der Waals surface area contributed by atoms with E-state index in [2.05, 4.69) is 37.6 Å². The zero-order valence-electron chi connectivity index (χ0n) is 8.91. The van der Waals surface area contributed by atoms with Crippen LogP contribution >= 0.6 is 0 Å². The molecule has 2 atom stereocenters. The van der Waals surface area contributed by atoms with E-state index in [9.17, 15) is 0 Å². The maximum absolute atomic E-state index is 4.39. The second-order valence-corrected chi connectivity index (χ2v) is 4.45. The summed E-state index contributed by atoms with van der Waals surface area (Å²) in [5.74, 6) is 1.47. The average molecular weight is 178 g/mol. The average Bonchev–Trinajstić information content (AvgIpc) is 2.15. The third-order valence-electron chi connectivity index (χ3n) is 3.36. The van der Waals surface area contributed by atoms with Crippen molar-refractivity contribution in [3.63, 3.8) is 0 Å². The summed E-state index contributed by atoms with van der Waals surface area (Å²) in [6.07, 6.45) is 2.01. The first-order valence-corrected chi connectivity index (χ1v) is 5.14. The van der Waals surface area contributed by atoms with E-state index in [1.165, 1.54) is 5.70 Å². The third-order valence-corrected chi connectivity index (χ3v) is 3.36. The molecule has 0 aromatic heterocycles. The summed E-state index contributed by atoms with van der Waals surface area (Å²) in [7, 11) is 0. The van der Waals surface area contributed by atoms with Gasteiger partial charge in [-0.2, -0.15) is 0 Å². The zero-order valence-corrected chi connectivity index (χ0v) is 8.91. The van der Waals surface area contributed by atoms with Crippen molar-refractivity contribution in [2.45, 2.75) is 33.7 Å². The molecule has 0 bridgehead atoms. The lowest BCUT2D eigenvalue weighted by atomic mass is 9.72. The normalized spacial score (nSPS) is 32.2. The summed E-state index contributed by atoms with van der Waals surface area (Å²) in [4.78, 5) is 6.71. The van der Waals surface area contributed by atoms with Crippen molar-refractivity contribution in [2.75, 3.05) is 6.54 Å². The van der Waals surface area contributed by atoms with Crippen molar-refractivity contribution in [1.29, 1.82) is 0 Å². The van der Waals surface area contributed by atoms with Gasteiger partial charge in [-0.05, 0) is 25.3 Å². The van der Waals surface area contributed by atoms with Gasteiger partial charge < -0.3 is 4.90 Å². The highest BCUT2D eigenvalue weighted by atomic mass is 15.2. The summed E-state index contributed by atoms with van der Waals surface area (Å²) >= 11 is 0. The summed E-state index contributed by atoms with van der Waals surface area (Å²) in [5, 5.41) is 0. The number of hydrogen-bond acceptors (Lipinski definition) is 2. The van der Waals surface area contributed by atoms with Crippen LogP contribution in [0.2, 0.25) is 0 Å². The summed E-state index contributed by atoms with van der Waals surface area (Å²) < 4.78 is 0. The molecule has 0 spiro atoms. The Morgan fingerprint density at radius 3 is 2.69 bits per heavy atom. The van der Waals surface area contributed by atoms with Gasteiger partial charge in [0.2, 0.25) is 0 Å². The van der Waals surface area contributed by atoms with Crippen LogP contribution < -0.4 is 0 Å². The lowest BCUT2D eigenvalue weighted by molar-refractivity contribution is 0.279. The fourth-order valence-corrected chi connectivity index (χ4v) is 2.29. The van der Waals surface area contributed by atoms with Gasteiger partial charge in [0, 0.05) is 17.7 Å². The van der Waals surface area contributed by atoms with E-state index in [1.54, 1.807) is 5.57 Å². The first-order valence-electron chi connectivity index (χ1n) is 5.14. The van der Waals surface area contributed by atoms with Crippen LogP contribution in [-0.2, 0) is 0 Å². The van der Waals surface area contributed by atoms with Crippen LogP contribution in [0.25, 0.3) is 0 Å². The molecular formula is C11H18N2. The standard InChI is InChI=1S/C11H18N2/c1-7(2)13-6-12-5-10-8(3)9(4)11(10)13/h6-9H,5H2,1-4H3. The quantitative estimate of drug-likeness (QED) is 0.601. The molecule has 0 radical (unpaired) electrons. The molecule has 0 N–H and O–H groups in total. The molecule has 2 unspecified atom stereocenters. The van der Waals surface area contributed by atoms with E-state index in [0.29, 0.717) is 6.04 Å². The lowest BCUT2D eigenvalue weighted by Gasteiger charge is -2.46. The van der Waals surface area contributed by atoms with Crippen LogP contribution in [0.1, 0.15) is 27.7 Å². The molecule has 1 heterocycles. The Hall–Kier alpha value is -0.790. The maximum Gasteiger partial charge on any atom is 0.0898 e. The van der Waals surface area contributed by atoms with Gasteiger partial charge in [0.05, 0.1) is 12.9 Å². The molecule has 2 aliphatic rings. The fraction of sp³-hybridized carbons (Fsp3) is 0.727. The van der Waals surface area contributed by atoms with Crippen molar-refractivity contribution in [3.05, 3.63) is 11.3 Å². The molecule has 0 fully saturated rings. The van der Waals surface area contributed by atoms with Gasteiger partial charge in [-0.15, -0.1) is 0 Å². The Labute approximate surface area is 80.3 Å². The van der Waals surface area contributed by atoms with Crippen LogP contribution in [0.3, 0.4) is 0 Å². The monoisotopic (exact) mass is 178 g/mol. The number of aliphatic imine (C=N–C) groups is 1. The topological polar surface area (TPSA) is 15.6 Å². The van der Waals surface area contributed by atoms with Crippen molar-refractivity contribution >= 4 is 6.34 Å². The number of nitrogens with zero attached hydrogens (tertiary/aromatic N) is 2. The summed E-state index contributed by atoms with van der Waals surface area (Å²) in [6, 6.07) is 0.545. The Bertz CT molecular complexity index is 276. The highest BCUT2D eigenvalue weighted by Gasteiger charge is 2.38. The number of hydrogen-bond donors (Lipinski definition) is 0. The molecule has 2 rings (SSSR count). The Kier molecular flexibility index (Phi) is 1.94. The zero-order chi connectivity index (χ0) is 9.59. The molecule has 0 aromatic rings. The first kappa shape index (κ1) is 8.79. The highest BCUT2D eigenvalue weighted by Crippen LogP contribution is 2.43. The molecule has 13 heavy (non-hydrogen) atoms. The smallest absolute Gasteiger partial charge is 0.0898 e. The lowest BCUT2D eigenvalue weighted by Crippen LogP contribution is -2.44. The van der Waals surface area contributed by atoms with Crippen LogP contribution in [0, 0.1) is 11.8 Å². The molecule has 2 nitrogen and oxygen atoms in total. The molecule has 0 saturated heterocycles. The molecule has 1 aliphatic carbocycles. The largest absolute Gasteiger partial charge is 0.334 e. The van der Waals surface area contributed by atoms with E-state index < -0.39 is 0 Å². The molecule has 0 saturated carbocycles. The Morgan fingerprint density at radius 2 is 2.08 bits per heavy atom. The van der Waals surface area contributed by atoms with Gasteiger partial charge in [-0.25, -0.2) is 0 Å². The van der Waals surface area contributed by atoms with Gasteiger partial charge in [0.25, 0.3) is 0 Å². The molecule has 72 valence electrons. The highest BCUT2D eigenvalue weighted by molar-refractivity contribution is 5.63. The van der Waals surface area contributed by atoms with Gasteiger partial charge in [0.15, 0.2) is 0 Å². The van der Waals surface area contributed by atoms with E-state index in [0.717, 1.165) is 18.4 Å². The molecule has 1 aliphatic heterocycles. The third kappa shape index (κ3) is 1.11. The van der Waals surface area contributed by atoms with E-state index >= 15 is 0 Å². The van der Waals surface area contributed by atoms with E-state index in [1.807, 2.05) is 6.34 Å². The summed E-state index contributed by atoms with van der Waals surface area (Å²) in [6.45, 7) is 10.0. The van der Waals surface area contributed by atoms with Crippen LogP contribution in [-0.4, -0.2) is 23.8 Å². The van der Waals surface area contributed by atoms with Gasteiger partial charge in [0.1, 0.15) is 0 Å². The maximum atomic E-state index is 4.39. The van der Waals surface area contributed by atoms with Crippen LogP contribution in [0.5, 0.6) is 0 Å². The summed E-state index contributed by atoms with van der Waals surface area (Å²) in [5.41, 5.74) is 3.10. The molecule has 0 aromatic carbocycles. The minimum Gasteiger partial charge on any atom is -0.334 e. The Morgan fingerprint density at radius 1 is 1.38 bits per heavy atom. The van der Waals surface area contributed by atoms with Gasteiger partial charge >= 0.3 is 0 Å². The van der Waals surface area contributed by atoms with Crippen LogP contribution in [0.4, 0.5) is 0 Å². The predicted octanol–water partition coefficient (Wildman–Crippen LogP) is 2.28. The first-order chi connectivity index (χ1) is 6.13. The second kappa shape index (κ2) is 2.86. The van der Waals surface area contributed by atoms with Crippen LogP contribution in [0.15, 0.2) is 16.3 Å². The number of allylic oxidation sites excluding steroid dienone is 1. The SMILES string of the molecule is CC1C2=C(C1C)N(C(C)C)C=NC2. The van der Waals surface area contributed by atoms with Crippen molar-refractivity contribution in [3.8, 4) is 0 Å². The van der Waals surface area contributed by atoms with Gasteiger partial charge in [-0.3, -0.25) is 4.99 Å². The Balaban J connectivity index is 2.27. The predicted molar refractivity (Wildman–Crippen MR) is 55.7 cm³/mol. The van der Waals surface area contributed by atoms with Crippen molar-refractivity contribution < 1.29 is 0 Å². The van der Waals surface area contributed by atoms with Gasteiger partial charge in [-0.1, -0.05) is 13.8 Å². The van der Waals surface area contributed by atoms with E-state index in [-0.39, 0.29) is 0 Å². The minimum atomic E-state index is 0.545. The van der Waals surface area contributed by atoms with Crippen molar-refractivity contribution in [1.82, 2.24) is 4.90 Å². The molecule has 0 amide bonds. The minimum absolute atomic E-state index is 0.545. The number of rotatable bonds is 1. The fourth-order valence-electron chi connectivity index (χ4n) is 2.29. The van der Waals surface area contributed by atoms with E-state index in [4.69, 9.17) is 0 Å². The molecule has 2 heteroatoms.